The summed E-state index contributed by atoms with van der Waals surface area (Å²) in [5.74, 6) is 2.34. The van der Waals surface area contributed by atoms with Crippen molar-refractivity contribution >= 4 is 0 Å². The fourth-order valence-corrected chi connectivity index (χ4v) is 2.87. The molecule has 0 aromatic rings. The molecule has 2 aliphatic heterocycles. The smallest absolute Gasteiger partial charge is 0.104 e. The number of epoxide rings is 2. The Kier molecular flexibility index (Phi) is 6.57. The van der Waals surface area contributed by atoms with E-state index in [1.54, 1.807) is 46.3 Å². The maximum absolute atomic E-state index is 4.82. The number of hydrogen-bond acceptors (Lipinski definition) is 4. The lowest BCUT2D eigenvalue weighted by Crippen LogP contribution is -1.94. The van der Waals surface area contributed by atoms with Gasteiger partial charge in [0.2, 0.25) is 0 Å². The Morgan fingerprint density at radius 2 is 1.16 bits per heavy atom. The van der Waals surface area contributed by atoms with E-state index < -0.39 is 0 Å². The lowest BCUT2D eigenvalue weighted by Gasteiger charge is -2.05. The molecule has 0 N–H and O–H groups in total. The summed E-state index contributed by atoms with van der Waals surface area (Å²) in [7, 11) is 3.36. The molecule has 0 spiro atoms. The Morgan fingerprint density at radius 1 is 0.789 bits per heavy atom. The van der Waals surface area contributed by atoms with Gasteiger partial charge in [-0.05, 0) is 18.3 Å². The van der Waals surface area contributed by atoms with Crippen LogP contribution in [0.15, 0.2) is 0 Å². The molecule has 0 amide bonds. The highest BCUT2D eigenvalue weighted by Crippen LogP contribution is 2.43. The zero-order valence-electron chi connectivity index (χ0n) is 12.3. The maximum Gasteiger partial charge on any atom is 0.104 e. The normalized spacial score (nSPS) is 36.9. The molecule has 4 aliphatic rings. The van der Waals surface area contributed by atoms with Gasteiger partial charge in [-0.15, -0.1) is 0 Å². The first kappa shape index (κ1) is 15.2. The van der Waals surface area contributed by atoms with Crippen molar-refractivity contribution in [2.45, 2.75) is 44.3 Å². The summed E-state index contributed by atoms with van der Waals surface area (Å²) in [4.78, 5) is 0. The van der Waals surface area contributed by atoms with Crippen molar-refractivity contribution in [3.63, 3.8) is 0 Å². The van der Waals surface area contributed by atoms with E-state index in [4.69, 9.17) is 18.9 Å². The van der Waals surface area contributed by atoms with Crippen molar-refractivity contribution in [1.82, 2.24) is 0 Å². The van der Waals surface area contributed by atoms with Gasteiger partial charge in [0.25, 0.3) is 0 Å². The third kappa shape index (κ3) is 6.70. The Balaban J connectivity index is 0.000000106. The first-order valence-electron chi connectivity index (χ1n) is 7.53. The molecule has 2 heterocycles. The van der Waals surface area contributed by atoms with Crippen LogP contribution in [-0.4, -0.2) is 52.9 Å². The van der Waals surface area contributed by atoms with Gasteiger partial charge >= 0.3 is 0 Å². The Labute approximate surface area is 116 Å². The summed E-state index contributed by atoms with van der Waals surface area (Å²) in [6, 6.07) is 0. The highest BCUT2D eigenvalue weighted by Gasteiger charge is 2.30. The fourth-order valence-electron chi connectivity index (χ4n) is 2.87. The molecule has 2 atom stereocenters. The third-order valence-corrected chi connectivity index (χ3v) is 4.14. The Morgan fingerprint density at radius 3 is 1.26 bits per heavy atom. The predicted molar refractivity (Wildman–Crippen MR) is 73.3 cm³/mol. The molecule has 4 nitrogen and oxygen atoms in total. The Hall–Kier alpha value is -0.160. The minimum absolute atomic E-state index is 0.426. The van der Waals surface area contributed by atoms with Gasteiger partial charge in [0, 0.05) is 14.2 Å². The minimum Gasteiger partial charge on any atom is -0.382 e. The second-order valence-corrected chi connectivity index (χ2v) is 5.94. The van der Waals surface area contributed by atoms with Crippen molar-refractivity contribution in [2.75, 3.05) is 40.6 Å². The lowest BCUT2D eigenvalue weighted by atomic mass is 10.0. The summed E-state index contributed by atoms with van der Waals surface area (Å²) in [5.41, 5.74) is 0. The second kappa shape index (κ2) is 8.20. The number of rotatable bonds is 4. The van der Waals surface area contributed by atoms with E-state index in [-0.39, 0.29) is 0 Å². The monoisotopic (exact) mass is 272 g/mol. The number of hydrogen-bond donors (Lipinski definition) is 0. The van der Waals surface area contributed by atoms with Crippen molar-refractivity contribution in [3.8, 4) is 0 Å². The van der Waals surface area contributed by atoms with E-state index in [0.29, 0.717) is 12.2 Å². The second-order valence-electron chi connectivity index (χ2n) is 5.94. The Bertz CT molecular complexity index is 206. The standard InChI is InChI=1S/C7H12.2C4H8O2/c1-2-7-4-3-6(1)5-7;2*1-5-2-4-3-6-4/h6-7H,1-5H2;2*4H,2-3H2,1H3. The van der Waals surface area contributed by atoms with Crippen LogP contribution in [0.4, 0.5) is 0 Å². The van der Waals surface area contributed by atoms with Gasteiger partial charge in [0.05, 0.1) is 26.4 Å². The van der Waals surface area contributed by atoms with Crippen LogP contribution in [0.2, 0.25) is 0 Å². The van der Waals surface area contributed by atoms with E-state index in [1.807, 2.05) is 0 Å². The summed E-state index contributed by atoms with van der Waals surface area (Å²) < 4.78 is 19.1. The number of fused-ring (bicyclic) bond motifs is 2. The van der Waals surface area contributed by atoms with Crippen LogP contribution in [0, 0.1) is 11.8 Å². The van der Waals surface area contributed by atoms with Crippen molar-refractivity contribution in [2.24, 2.45) is 11.8 Å². The van der Waals surface area contributed by atoms with E-state index >= 15 is 0 Å². The van der Waals surface area contributed by atoms with Crippen LogP contribution in [-0.2, 0) is 18.9 Å². The molecule has 2 saturated carbocycles. The van der Waals surface area contributed by atoms with Gasteiger partial charge < -0.3 is 18.9 Å². The predicted octanol–water partition coefficient (Wildman–Crippen LogP) is 2.26. The highest BCUT2D eigenvalue weighted by molar-refractivity contribution is 4.82. The fraction of sp³-hybridized carbons (Fsp3) is 1.00. The molecular formula is C15H28O4. The van der Waals surface area contributed by atoms with Gasteiger partial charge in [-0.25, -0.2) is 0 Å². The van der Waals surface area contributed by atoms with E-state index in [2.05, 4.69) is 0 Å². The summed E-state index contributed by atoms with van der Waals surface area (Å²) in [6.45, 7) is 3.32. The van der Waals surface area contributed by atoms with Crippen LogP contribution < -0.4 is 0 Å². The van der Waals surface area contributed by atoms with Gasteiger partial charge in [-0.2, -0.15) is 0 Å². The van der Waals surface area contributed by atoms with Gasteiger partial charge in [0.15, 0.2) is 0 Å². The number of methoxy groups -OCH3 is 2. The molecule has 2 unspecified atom stereocenters. The number of ether oxygens (including phenoxy) is 4. The van der Waals surface area contributed by atoms with Gasteiger partial charge in [-0.1, -0.05) is 25.7 Å². The van der Waals surface area contributed by atoms with Crippen LogP contribution >= 0.6 is 0 Å². The molecule has 4 rings (SSSR count). The highest BCUT2D eigenvalue weighted by atomic mass is 16.6. The van der Waals surface area contributed by atoms with E-state index in [0.717, 1.165) is 26.4 Å². The third-order valence-electron chi connectivity index (χ3n) is 4.14. The summed E-state index contributed by atoms with van der Waals surface area (Å²) in [6.07, 6.45) is 8.68. The summed E-state index contributed by atoms with van der Waals surface area (Å²) >= 11 is 0. The SMILES string of the molecule is C1CC2CCC1C2.COCC1CO1.COCC1CO1. The average molecular weight is 272 g/mol. The molecule has 0 radical (unpaired) electrons. The first-order chi connectivity index (χ1) is 9.31. The molecule has 2 saturated heterocycles. The van der Waals surface area contributed by atoms with Crippen LogP contribution in [0.1, 0.15) is 32.1 Å². The molecule has 2 bridgehead atoms. The molecular weight excluding hydrogens is 244 g/mol. The van der Waals surface area contributed by atoms with Crippen LogP contribution in [0.25, 0.3) is 0 Å². The summed E-state index contributed by atoms with van der Waals surface area (Å²) in [5, 5.41) is 0. The van der Waals surface area contributed by atoms with E-state index in [9.17, 15) is 0 Å². The zero-order valence-corrected chi connectivity index (χ0v) is 12.3. The van der Waals surface area contributed by atoms with E-state index in [1.165, 1.54) is 11.8 Å². The quantitative estimate of drug-likeness (QED) is 0.736. The van der Waals surface area contributed by atoms with Crippen molar-refractivity contribution in [1.29, 1.82) is 0 Å². The molecule has 0 aromatic heterocycles. The molecule has 4 heteroatoms. The van der Waals surface area contributed by atoms with Crippen molar-refractivity contribution < 1.29 is 18.9 Å². The topological polar surface area (TPSA) is 43.5 Å². The van der Waals surface area contributed by atoms with Crippen LogP contribution in [0.3, 0.4) is 0 Å². The molecule has 4 fully saturated rings. The maximum atomic E-state index is 4.82. The molecule has 0 aromatic carbocycles. The molecule has 19 heavy (non-hydrogen) atoms. The first-order valence-corrected chi connectivity index (χ1v) is 7.53. The van der Waals surface area contributed by atoms with Gasteiger partial charge in [-0.3, -0.25) is 0 Å². The van der Waals surface area contributed by atoms with Crippen LogP contribution in [0.5, 0.6) is 0 Å². The van der Waals surface area contributed by atoms with Crippen molar-refractivity contribution in [3.05, 3.63) is 0 Å². The largest absolute Gasteiger partial charge is 0.382 e. The zero-order chi connectivity index (χ0) is 13.5. The average Bonchev–Trinajstić information content (AvgIpc) is 3.34. The van der Waals surface area contributed by atoms with Gasteiger partial charge in [0.1, 0.15) is 12.2 Å². The molecule has 2 aliphatic carbocycles. The lowest BCUT2D eigenvalue weighted by molar-refractivity contribution is 0.171. The molecule has 112 valence electrons. The minimum atomic E-state index is 0.426.